The molecule has 0 unspecified atom stereocenters. The first-order valence-electron chi connectivity index (χ1n) is 4.28. The topological polar surface area (TPSA) is 39.4 Å². The van der Waals surface area contributed by atoms with Crippen LogP contribution in [0.4, 0.5) is 0 Å². The maximum atomic E-state index is 11.6. The van der Waals surface area contributed by atoms with Crippen LogP contribution < -0.4 is 0 Å². The molecule has 1 aromatic heterocycles. The number of rotatable bonds is 2. The standard InChI is InChI=1S/C10H10O3/c11-10(8-4-6-12-7-8)9-3-1-2-5-13-9/h3-4,6-7H,1-2,5H2. The zero-order valence-corrected chi connectivity index (χ0v) is 7.16. The van der Waals surface area contributed by atoms with Crippen LogP contribution in [-0.2, 0) is 4.74 Å². The molecule has 3 heteroatoms. The molecule has 0 aromatic carbocycles. The summed E-state index contributed by atoms with van der Waals surface area (Å²) in [6, 6.07) is 1.64. The fourth-order valence-corrected chi connectivity index (χ4v) is 1.25. The lowest BCUT2D eigenvalue weighted by Gasteiger charge is -2.12. The Bertz CT molecular complexity index is 322. The molecule has 0 radical (unpaired) electrons. The number of carbonyl (C=O) groups excluding carboxylic acids is 1. The van der Waals surface area contributed by atoms with E-state index in [4.69, 9.17) is 9.15 Å². The second-order valence-electron chi connectivity index (χ2n) is 2.90. The van der Waals surface area contributed by atoms with E-state index in [2.05, 4.69) is 0 Å². The monoisotopic (exact) mass is 178 g/mol. The van der Waals surface area contributed by atoms with Crippen LogP contribution in [-0.4, -0.2) is 12.4 Å². The Balaban J connectivity index is 2.17. The third-order valence-electron chi connectivity index (χ3n) is 1.94. The summed E-state index contributed by atoms with van der Waals surface area (Å²) in [4.78, 5) is 11.6. The first-order chi connectivity index (χ1) is 6.38. The molecule has 0 fully saturated rings. The van der Waals surface area contributed by atoms with Crippen LogP contribution in [0.1, 0.15) is 23.2 Å². The van der Waals surface area contributed by atoms with Crippen LogP contribution in [0.5, 0.6) is 0 Å². The van der Waals surface area contributed by atoms with Crippen LogP contribution in [0.3, 0.4) is 0 Å². The van der Waals surface area contributed by atoms with Gasteiger partial charge in [0.05, 0.1) is 18.4 Å². The Kier molecular flexibility index (Phi) is 2.17. The van der Waals surface area contributed by atoms with Gasteiger partial charge in [0.25, 0.3) is 0 Å². The van der Waals surface area contributed by atoms with E-state index in [0.29, 0.717) is 17.9 Å². The van der Waals surface area contributed by atoms with Crippen molar-refractivity contribution in [2.45, 2.75) is 12.8 Å². The molecule has 1 aromatic rings. The van der Waals surface area contributed by atoms with Crippen LogP contribution in [0.25, 0.3) is 0 Å². The van der Waals surface area contributed by atoms with E-state index in [1.165, 1.54) is 12.5 Å². The van der Waals surface area contributed by atoms with E-state index in [1.54, 1.807) is 6.07 Å². The molecule has 68 valence electrons. The van der Waals surface area contributed by atoms with Gasteiger partial charge in [-0.2, -0.15) is 0 Å². The molecule has 3 nitrogen and oxygen atoms in total. The van der Waals surface area contributed by atoms with Crippen molar-refractivity contribution < 1.29 is 13.9 Å². The highest BCUT2D eigenvalue weighted by atomic mass is 16.5. The van der Waals surface area contributed by atoms with E-state index in [1.807, 2.05) is 6.08 Å². The van der Waals surface area contributed by atoms with Gasteiger partial charge in [0.2, 0.25) is 5.78 Å². The van der Waals surface area contributed by atoms with Gasteiger partial charge in [-0.25, -0.2) is 0 Å². The average Bonchev–Trinajstić information content (AvgIpc) is 2.71. The van der Waals surface area contributed by atoms with Gasteiger partial charge in [0, 0.05) is 0 Å². The number of hydrogen-bond donors (Lipinski definition) is 0. The first-order valence-corrected chi connectivity index (χ1v) is 4.28. The Morgan fingerprint density at radius 3 is 3.00 bits per heavy atom. The van der Waals surface area contributed by atoms with Crippen LogP contribution in [0.15, 0.2) is 34.8 Å². The summed E-state index contributed by atoms with van der Waals surface area (Å²) in [7, 11) is 0. The number of ketones is 1. The molecule has 0 saturated carbocycles. The zero-order valence-electron chi connectivity index (χ0n) is 7.16. The number of ether oxygens (including phenoxy) is 1. The summed E-state index contributed by atoms with van der Waals surface area (Å²) in [6.07, 6.45) is 6.65. The van der Waals surface area contributed by atoms with Crippen molar-refractivity contribution in [3.8, 4) is 0 Å². The van der Waals surface area contributed by atoms with Crippen molar-refractivity contribution >= 4 is 5.78 Å². The minimum atomic E-state index is -0.0894. The lowest BCUT2D eigenvalue weighted by molar-refractivity contribution is 0.0898. The van der Waals surface area contributed by atoms with E-state index in [0.717, 1.165) is 12.8 Å². The molecule has 1 aliphatic rings. The molecule has 0 bridgehead atoms. The smallest absolute Gasteiger partial charge is 0.230 e. The number of hydrogen-bond acceptors (Lipinski definition) is 3. The highest BCUT2D eigenvalue weighted by Gasteiger charge is 2.16. The summed E-state index contributed by atoms with van der Waals surface area (Å²) in [6.45, 7) is 0.634. The number of carbonyl (C=O) groups is 1. The molecular formula is C10H10O3. The van der Waals surface area contributed by atoms with Gasteiger partial charge in [-0.15, -0.1) is 0 Å². The fraction of sp³-hybridized carbons (Fsp3) is 0.300. The van der Waals surface area contributed by atoms with Gasteiger partial charge < -0.3 is 9.15 Å². The van der Waals surface area contributed by atoms with Crippen molar-refractivity contribution in [2.75, 3.05) is 6.61 Å². The summed E-state index contributed by atoms with van der Waals surface area (Å²) in [5, 5.41) is 0. The largest absolute Gasteiger partial charge is 0.490 e. The van der Waals surface area contributed by atoms with E-state index in [9.17, 15) is 4.79 Å². The second-order valence-corrected chi connectivity index (χ2v) is 2.90. The summed E-state index contributed by atoms with van der Waals surface area (Å²) in [5.74, 6) is 0.362. The second kappa shape index (κ2) is 3.47. The molecule has 0 saturated heterocycles. The lowest BCUT2D eigenvalue weighted by Crippen LogP contribution is -2.10. The van der Waals surface area contributed by atoms with Crippen molar-refractivity contribution in [3.05, 3.63) is 36.0 Å². The Hall–Kier alpha value is -1.51. The predicted octanol–water partition coefficient (Wildman–Crippen LogP) is 2.16. The van der Waals surface area contributed by atoms with Gasteiger partial charge >= 0.3 is 0 Å². The highest BCUT2D eigenvalue weighted by molar-refractivity contribution is 6.07. The molecule has 2 heterocycles. The highest BCUT2D eigenvalue weighted by Crippen LogP contribution is 2.15. The molecule has 13 heavy (non-hydrogen) atoms. The van der Waals surface area contributed by atoms with E-state index in [-0.39, 0.29) is 5.78 Å². The van der Waals surface area contributed by atoms with E-state index >= 15 is 0 Å². The maximum Gasteiger partial charge on any atom is 0.230 e. The third-order valence-corrected chi connectivity index (χ3v) is 1.94. The average molecular weight is 178 g/mol. The molecule has 2 rings (SSSR count). The molecule has 0 atom stereocenters. The normalized spacial score (nSPS) is 16.2. The van der Waals surface area contributed by atoms with Crippen molar-refractivity contribution in [1.82, 2.24) is 0 Å². The Labute approximate surface area is 76.0 Å². The molecular weight excluding hydrogens is 168 g/mol. The Morgan fingerprint density at radius 1 is 1.46 bits per heavy atom. The lowest BCUT2D eigenvalue weighted by atomic mass is 10.1. The van der Waals surface area contributed by atoms with Gasteiger partial charge in [-0.1, -0.05) is 0 Å². The van der Waals surface area contributed by atoms with E-state index < -0.39 is 0 Å². The summed E-state index contributed by atoms with van der Waals surface area (Å²) < 4.78 is 10.1. The third kappa shape index (κ3) is 1.64. The zero-order chi connectivity index (χ0) is 9.10. The number of Topliss-reactive ketones (excluding diaryl/α,β-unsaturated/α-hetero) is 1. The fourth-order valence-electron chi connectivity index (χ4n) is 1.25. The number of allylic oxidation sites excluding steroid dienone is 2. The molecule has 0 spiro atoms. The van der Waals surface area contributed by atoms with Crippen LogP contribution >= 0.6 is 0 Å². The minimum Gasteiger partial charge on any atom is -0.490 e. The van der Waals surface area contributed by atoms with Crippen molar-refractivity contribution in [2.24, 2.45) is 0 Å². The quantitative estimate of drug-likeness (QED) is 0.651. The van der Waals surface area contributed by atoms with Crippen molar-refractivity contribution in [1.29, 1.82) is 0 Å². The molecule has 0 N–H and O–H groups in total. The van der Waals surface area contributed by atoms with Gasteiger partial charge in [-0.05, 0) is 25.0 Å². The van der Waals surface area contributed by atoms with Gasteiger partial charge in [-0.3, -0.25) is 4.79 Å². The van der Waals surface area contributed by atoms with Crippen LogP contribution in [0.2, 0.25) is 0 Å². The minimum absolute atomic E-state index is 0.0894. The summed E-state index contributed by atoms with van der Waals surface area (Å²) in [5.41, 5.74) is 0.549. The summed E-state index contributed by atoms with van der Waals surface area (Å²) >= 11 is 0. The SMILES string of the molecule is O=C(C1=CCCCO1)c1ccoc1. The number of furan rings is 1. The predicted molar refractivity (Wildman–Crippen MR) is 46.3 cm³/mol. The first kappa shape index (κ1) is 8.10. The van der Waals surface area contributed by atoms with Crippen molar-refractivity contribution in [3.63, 3.8) is 0 Å². The maximum absolute atomic E-state index is 11.6. The molecule has 0 amide bonds. The van der Waals surface area contributed by atoms with Crippen LogP contribution in [0, 0.1) is 0 Å². The van der Waals surface area contributed by atoms with Gasteiger partial charge in [0.1, 0.15) is 6.26 Å². The Morgan fingerprint density at radius 2 is 2.38 bits per heavy atom. The van der Waals surface area contributed by atoms with Gasteiger partial charge in [0.15, 0.2) is 5.76 Å². The molecule has 0 aliphatic carbocycles. The molecule has 1 aliphatic heterocycles.